The first-order valence-electron chi connectivity index (χ1n) is 6.96. The monoisotopic (exact) mass is 264 g/mol. The van der Waals surface area contributed by atoms with E-state index >= 15 is 0 Å². The molecule has 1 saturated carbocycles. The maximum absolute atomic E-state index is 5.87. The molecule has 0 atom stereocenters. The van der Waals surface area contributed by atoms with E-state index in [1.165, 1.54) is 5.56 Å². The Bertz CT molecular complexity index is 742. The van der Waals surface area contributed by atoms with Gasteiger partial charge in [0.15, 0.2) is 5.82 Å². The van der Waals surface area contributed by atoms with E-state index in [2.05, 4.69) is 33.2 Å². The molecule has 1 aliphatic rings. The summed E-state index contributed by atoms with van der Waals surface area (Å²) in [5.41, 5.74) is 10.2. The number of fused-ring (bicyclic) bond motifs is 1. The molecule has 2 aromatic heterocycles. The van der Waals surface area contributed by atoms with Crippen LogP contribution in [0.1, 0.15) is 24.3 Å². The summed E-state index contributed by atoms with van der Waals surface area (Å²) >= 11 is 0. The van der Waals surface area contributed by atoms with Crippen LogP contribution in [0.3, 0.4) is 0 Å². The molecule has 3 aromatic rings. The molecular formula is C16H16N4. The largest absolute Gasteiger partial charge is 0.337 e. The summed E-state index contributed by atoms with van der Waals surface area (Å²) in [5.74, 6) is 1.43. The number of hydrogen-bond acceptors (Lipinski definition) is 3. The summed E-state index contributed by atoms with van der Waals surface area (Å²) in [4.78, 5) is 12.3. The van der Waals surface area contributed by atoms with Crippen molar-refractivity contribution >= 4 is 11.0 Å². The van der Waals surface area contributed by atoms with Crippen molar-refractivity contribution in [2.75, 3.05) is 0 Å². The summed E-state index contributed by atoms with van der Waals surface area (Å²) in [6, 6.07) is 12.7. The van der Waals surface area contributed by atoms with Crippen molar-refractivity contribution in [3.8, 4) is 11.5 Å². The van der Waals surface area contributed by atoms with Gasteiger partial charge in [-0.15, -0.1) is 0 Å². The van der Waals surface area contributed by atoms with Gasteiger partial charge in [0, 0.05) is 12.2 Å². The molecule has 1 aromatic carbocycles. The molecule has 0 spiro atoms. The zero-order chi connectivity index (χ0) is 13.5. The fourth-order valence-electron chi connectivity index (χ4n) is 2.84. The average Bonchev–Trinajstić information content (AvgIpc) is 2.88. The number of imidazole rings is 1. The zero-order valence-electron chi connectivity index (χ0n) is 11.1. The van der Waals surface area contributed by atoms with Crippen LogP contribution in [0.4, 0.5) is 0 Å². The Balaban J connectivity index is 1.73. The van der Waals surface area contributed by atoms with Crippen LogP contribution >= 0.6 is 0 Å². The molecule has 0 radical (unpaired) electrons. The van der Waals surface area contributed by atoms with Crippen LogP contribution in [0.25, 0.3) is 22.6 Å². The number of hydrogen-bond donors (Lipinski definition) is 2. The van der Waals surface area contributed by atoms with Crippen LogP contribution in [-0.2, 0) is 0 Å². The Morgan fingerprint density at radius 2 is 2.05 bits per heavy atom. The lowest BCUT2D eigenvalue weighted by atomic mass is 9.76. The Hall–Kier alpha value is -2.20. The number of rotatable bonds is 2. The summed E-state index contributed by atoms with van der Waals surface area (Å²) in [5, 5.41) is 0. The van der Waals surface area contributed by atoms with Crippen LogP contribution < -0.4 is 5.73 Å². The van der Waals surface area contributed by atoms with Gasteiger partial charge in [0.1, 0.15) is 5.69 Å². The van der Waals surface area contributed by atoms with E-state index in [-0.39, 0.29) is 0 Å². The maximum atomic E-state index is 5.87. The van der Waals surface area contributed by atoms with E-state index in [1.54, 1.807) is 6.20 Å². The minimum absolute atomic E-state index is 0.376. The van der Waals surface area contributed by atoms with E-state index in [9.17, 15) is 0 Å². The molecule has 4 nitrogen and oxygen atoms in total. The quantitative estimate of drug-likeness (QED) is 0.748. The molecule has 1 aliphatic carbocycles. The Labute approximate surface area is 117 Å². The third-order valence-electron chi connectivity index (χ3n) is 4.06. The van der Waals surface area contributed by atoms with Gasteiger partial charge in [-0.05, 0) is 48.6 Å². The molecule has 0 unspecified atom stereocenters. The van der Waals surface area contributed by atoms with E-state index in [0.717, 1.165) is 35.4 Å². The molecule has 20 heavy (non-hydrogen) atoms. The van der Waals surface area contributed by atoms with Crippen molar-refractivity contribution in [2.24, 2.45) is 5.73 Å². The van der Waals surface area contributed by atoms with Gasteiger partial charge in [0.2, 0.25) is 0 Å². The summed E-state index contributed by atoms with van der Waals surface area (Å²) in [6.07, 6.45) is 3.96. The van der Waals surface area contributed by atoms with Crippen LogP contribution in [0.5, 0.6) is 0 Å². The first-order valence-corrected chi connectivity index (χ1v) is 6.96. The highest BCUT2D eigenvalue weighted by atomic mass is 14.9. The van der Waals surface area contributed by atoms with Gasteiger partial charge < -0.3 is 10.7 Å². The topological polar surface area (TPSA) is 67.6 Å². The molecule has 0 amide bonds. The Morgan fingerprint density at radius 1 is 1.15 bits per heavy atom. The maximum Gasteiger partial charge on any atom is 0.157 e. The lowest BCUT2D eigenvalue weighted by molar-refractivity contribution is 0.352. The molecule has 0 aliphatic heterocycles. The predicted molar refractivity (Wildman–Crippen MR) is 79.3 cm³/mol. The third-order valence-corrected chi connectivity index (χ3v) is 4.06. The van der Waals surface area contributed by atoms with Gasteiger partial charge in [0.05, 0.1) is 11.0 Å². The third kappa shape index (κ3) is 1.89. The van der Waals surface area contributed by atoms with Gasteiger partial charge >= 0.3 is 0 Å². The number of aromatic amines is 1. The van der Waals surface area contributed by atoms with Crippen LogP contribution in [0.15, 0.2) is 42.6 Å². The molecule has 0 saturated heterocycles. The van der Waals surface area contributed by atoms with Gasteiger partial charge in [-0.3, -0.25) is 4.98 Å². The SMILES string of the molecule is NC1CC(c2ccc3nc(-c4ccccn4)[nH]c3c2)C1. The van der Waals surface area contributed by atoms with Gasteiger partial charge in [-0.2, -0.15) is 0 Å². The minimum Gasteiger partial charge on any atom is -0.337 e. The number of aromatic nitrogens is 3. The van der Waals surface area contributed by atoms with Crippen molar-refractivity contribution in [1.29, 1.82) is 0 Å². The first-order chi connectivity index (χ1) is 9.79. The fourth-order valence-corrected chi connectivity index (χ4v) is 2.84. The smallest absolute Gasteiger partial charge is 0.157 e. The number of pyridine rings is 1. The second kappa shape index (κ2) is 4.42. The van der Waals surface area contributed by atoms with Crippen molar-refractivity contribution < 1.29 is 0 Å². The van der Waals surface area contributed by atoms with Gasteiger partial charge in [0.25, 0.3) is 0 Å². The first kappa shape index (κ1) is 11.6. The van der Waals surface area contributed by atoms with Crippen LogP contribution in [0, 0.1) is 0 Å². The number of nitrogens with zero attached hydrogens (tertiary/aromatic N) is 2. The number of nitrogens with one attached hydrogen (secondary N) is 1. The van der Waals surface area contributed by atoms with E-state index < -0.39 is 0 Å². The molecule has 3 N–H and O–H groups in total. The predicted octanol–water partition coefficient (Wildman–Crippen LogP) is 2.83. The minimum atomic E-state index is 0.376. The van der Waals surface area contributed by atoms with Crippen molar-refractivity contribution in [2.45, 2.75) is 24.8 Å². The molecule has 100 valence electrons. The standard InChI is InChI=1S/C16H16N4/c17-12-7-11(8-12)10-4-5-13-15(9-10)20-16(19-13)14-3-1-2-6-18-14/h1-6,9,11-12H,7-8,17H2,(H,19,20). The molecule has 4 heteroatoms. The normalized spacial score (nSPS) is 21.9. The van der Waals surface area contributed by atoms with Gasteiger partial charge in [-0.25, -0.2) is 4.98 Å². The summed E-state index contributed by atoms with van der Waals surface area (Å²) in [6.45, 7) is 0. The molecule has 4 rings (SSSR count). The second-order valence-corrected chi connectivity index (χ2v) is 5.51. The fraction of sp³-hybridized carbons (Fsp3) is 0.250. The average molecular weight is 264 g/mol. The molecule has 0 bridgehead atoms. The van der Waals surface area contributed by atoms with Crippen molar-refractivity contribution in [3.63, 3.8) is 0 Å². The molecular weight excluding hydrogens is 248 g/mol. The summed E-state index contributed by atoms with van der Waals surface area (Å²) < 4.78 is 0. The van der Waals surface area contributed by atoms with E-state index in [4.69, 9.17) is 5.73 Å². The molecule has 2 heterocycles. The van der Waals surface area contributed by atoms with Crippen LogP contribution in [-0.4, -0.2) is 21.0 Å². The van der Waals surface area contributed by atoms with E-state index in [0.29, 0.717) is 12.0 Å². The molecule has 1 fully saturated rings. The second-order valence-electron chi connectivity index (χ2n) is 5.51. The van der Waals surface area contributed by atoms with Crippen molar-refractivity contribution in [3.05, 3.63) is 48.2 Å². The number of benzene rings is 1. The highest BCUT2D eigenvalue weighted by Gasteiger charge is 2.27. The zero-order valence-corrected chi connectivity index (χ0v) is 11.1. The number of nitrogens with two attached hydrogens (primary N) is 1. The van der Waals surface area contributed by atoms with Crippen LogP contribution in [0.2, 0.25) is 0 Å². The Morgan fingerprint density at radius 3 is 2.80 bits per heavy atom. The summed E-state index contributed by atoms with van der Waals surface area (Å²) in [7, 11) is 0. The van der Waals surface area contributed by atoms with Gasteiger partial charge in [-0.1, -0.05) is 12.1 Å². The van der Waals surface area contributed by atoms with E-state index in [1.807, 2.05) is 18.2 Å². The lowest BCUT2D eigenvalue weighted by Crippen LogP contribution is -2.34. The number of H-pyrrole nitrogens is 1. The van der Waals surface area contributed by atoms with Crippen molar-refractivity contribution in [1.82, 2.24) is 15.0 Å². The lowest BCUT2D eigenvalue weighted by Gasteiger charge is -2.32. The highest BCUT2D eigenvalue weighted by Crippen LogP contribution is 2.36. The highest BCUT2D eigenvalue weighted by molar-refractivity contribution is 5.79. The Kier molecular flexibility index (Phi) is 2.57.